The molecule has 0 amide bonds. The molecule has 0 N–H and O–H groups in total. The number of halogens is 1. The molecule has 0 radical (unpaired) electrons. The zero-order valence-electron chi connectivity index (χ0n) is 12.7. The molecule has 0 saturated carbocycles. The van der Waals surface area contributed by atoms with Gasteiger partial charge in [0.1, 0.15) is 37.4 Å². The van der Waals surface area contributed by atoms with E-state index in [1.54, 1.807) is 24.4 Å². The smallest absolute Gasteiger partial charge is 0.141 e. The first kappa shape index (κ1) is 16.0. The zero-order valence-corrected chi connectivity index (χ0v) is 13.5. The van der Waals surface area contributed by atoms with Crippen LogP contribution in [0.4, 0.5) is 0 Å². The SMILES string of the molecule is Clc1ccc(OCCOc2ccccc2)c(C=Nn2cnnc2)c1. The van der Waals surface area contributed by atoms with Gasteiger partial charge in [-0.3, -0.25) is 0 Å². The minimum absolute atomic E-state index is 0.407. The van der Waals surface area contributed by atoms with E-state index in [1.165, 1.54) is 17.3 Å². The highest BCUT2D eigenvalue weighted by molar-refractivity contribution is 6.30. The number of hydrogen-bond acceptors (Lipinski definition) is 5. The molecule has 3 aromatic rings. The number of benzene rings is 2. The minimum atomic E-state index is 0.407. The number of nitrogens with zero attached hydrogens (tertiary/aromatic N) is 4. The van der Waals surface area contributed by atoms with Gasteiger partial charge in [0, 0.05) is 10.6 Å². The van der Waals surface area contributed by atoms with Crippen LogP contribution < -0.4 is 9.47 Å². The van der Waals surface area contributed by atoms with Crippen LogP contribution in [0.3, 0.4) is 0 Å². The monoisotopic (exact) mass is 342 g/mol. The third-order valence-electron chi connectivity index (χ3n) is 3.06. The predicted molar refractivity (Wildman–Crippen MR) is 91.9 cm³/mol. The Bertz CT molecular complexity index is 792. The summed E-state index contributed by atoms with van der Waals surface area (Å²) in [6.07, 6.45) is 4.63. The Morgan fingerprint density at radius 2 is 1.75 bits per heavy atom. The van der Waals surface area contributed by atoms with Crippen molar-refractivity contribution in [3.05, 3.63) is 71.8 Å². The molecule has 6 nitrogen and oxygen atoms in total. The Morgan fingerprint density at radius 1 is 1.00 bits per heavy atom. The fourth-order valence-electron chi connectivity index (χ4n) is 1.96. The van der Waals surface area contributed by atoms with Crippen LogP contribution >= 0.6 is 11.6 Å². The van der Waals surface area contributed by atoms with Crippen molar-refractivity contribution in [2.24, 2.45) is 5.10 Å². The first-order chi connectivity index (χ1) is 11.8. The van der Waals surface area contributed by atoms with Crippen LogP contribution in [-0.2, 0) is 0 Å². The summed E-state index contributed by atoms with van der Waals surface area (Å²) in [7, 11) is 0. The number of rotatable bonds is 7. The van der Waals surface area contributed by atoms with E-state index in [4.69, 9.17) is 21.1 Å². The molecule has 0 atom stereocenters. The summed E-state index contributed by atoms with van der Waals surface area (Å²) in [5.74, 6) is 1.49. The molecule has 24 heavy (non-hydrogen) atoms. The van der Waals surface area contributed by atoms with Crippen molar-refractivity contribution >= 4 is 17.8 Å². The number of aromatic nitrogens is 3. The van der Waals surface area contributed by atoms with E-state index in [0.29, 0.717) is 24.0 Å². The number of ether oxygens (including phenoxy) is 2. The Kier molecular flexibility index (Phi) is 5.42. The van der Waals surface area contributed by atoms with Crippen molar-refractivity contribution in [1.82, 2.24) is 14.9 Å². The zero-order chi connectivity index (χ0) is 16.6. The van der Waals surface area contributed by atoms with Crippen molar-refractivity contribution < 1.29 is 9.47 Å². The maximum absolute atomic E-state index is 6.05. The quantitative estimate of drug-likeness (QED) is 0.488. The second kappa shape index (κ2) is 8.12. The van der Waals surface area contributed by atoms with E-state index in [0.717, 1.165) is 11.3 Å². The van der Waals surface area contributed by atoms with Crippen molar-refractivity contribution in [3.63, 3.8) is 0 Å². The average Bonchev–Trinajstić information content (AvgIpc) is 3.13. The molecular formula is C17H15ClN4O2. The molecule has 122 valence electrons. The van der Waals surface area contributed by atoms with E-state index in [9.17, 15) is 0 Å². The summed E-state index contributed by atoms with van der Waals surface area (Å²) >= 11 is 6.05. The molecule has 0 fully saturated rings. The van der Waals surface area contributed by atoms with Gasteiger partial charge in [0.15, 0.2) is 0 Å². The van der Waals surface area contributed by atoms with Gasteiger partial charge < -0.3 is 9.47 Å². The van der Waals surface area contributed by atoms with Gasteiger partial charge in [0.2, 0.25) is 0 Å². The maximum atomic E-state index is 6.05. The molecule has 0 aliphatic carbocycles. The Labute approximate surface area is 144 Å². The molecule has 0 saturated heterocycles. The maximum Gasteiger partial charge on any atom is 0.141 e. The highest BCUT2D eigenvalue weighted by atomic mass is 35.5. The van der Waals surface area contributed by atoms with Gasteiger partial charge in [-0.2, -0.15) is 5.10 Å². The molecule has 1 aromatic heterocycles. The van der Waals surface area contributed by atoms with Gasteiger partial charge in [-0.05, 0) is 30.3 Å². The van der Waals surface area contributed by atoms with E-state index in [2.05, 4.69) is 15.3 Å². The van der Waals surface area contributed by atoms with Crippen LogP contribution in [0.15, 0.2) is 66.3 Å². The van der Waals surface area contributed by atoms with Crippen LogP contribution in [0.5, 0.6) is 11.5 Å². The molecule has 0 aliphatic heterocycles. The summed E-state index contributed by atoms with van der Waals surface area (Å²) in [5.41, 5.74) is 0.760. The third kappa shape index (κ3) is 4.57. The molecule has 3 rings (SSSR count). The van der Waals surface area contributed by atoms with Crippen LogP contribution in [0.1, 0.15) is 5.56 Å². The second-order valence-corrected chi connectivity index (χ2v) is 5.22. The molecular weight excluding hydrogens is 328 g/mol. The molecule has 7 heteroatoms. The highest BCUT2D eigenvalue weighted by Gasteiger charge is 2.03. The van der Waals surface area contributed by atoms with Crippen molar-refractivity contribution in [1.29, 1.82) is 0 Å². The molecule has 0 unspecified atom stereocenters. The third-order valence-corrected chi connectivity index (χ3v) is 3.30. The van der Waals surface area contributed by atoms with E-state index >= 15 is 0 Å². The summed E-state index contributed by atoms with van der Waals surface area (Å²) in [6.45, 7) is 0.846. The number of para-hydroxylation sites is 1. The number of hydrogen-bond donors (Lipinski definition) is 0. The van der Waals surface area contributed by atoms with Gasteiger partial charge in [-0.25, -0.2) is 4.68 Å². The lowest BCUT2D eigenvalue weighted by Gasteiger charge is -2.10. The normalized spacial score (nSPS) is 10.9. The lowest BCUT2D eigenvalue weighted by Crippen LogP contribution is -2.10. The Balaban J connectivity index is 1.60. The first-order valence-electron chi connectivity index (χ1n) is 7.30. The van der Waals surface area contributed by atoms with Crippen molar-refractivity contribution in [2.75, 3.05) is 13.2 Å². The predicted octanol–water partition coefficient (Wildman–Crippen LogP) is 3.27. The van der Waals surface area contributed by atoms with E-state index < -0.39 is 0 Å². The van der Waals surface area contributed by atoms with Gasteiger partial charge >= 0.3 is 0 Å². The van der Waals surface area contributed by atoms with Crippen LogP contribution in [0, 0.1) is 0 Å². The molecule has 2 aromatic carbocycles. The standard InChI is InChI=1S/C17H15ClN4O2/c18-15-6-7-17(14(10-15)11-21-22-12-19-20-13-22)24-9-8-23-16-4-2-1-3-5-16/h1-7,10-13H,8-9H2. The molecule has 0 aliphatic rings. The molecule has 0 spiro atoms. The Hall–Kier alpha value is -2.86. The summed E-state index contributed by atoms with van der Waals surface area (Å²) in [6, 6.07) is 15.0. The van der Waals surface area contributed by atoms with Gasteiger partial charge in [-0.15, -0.1) is 10.2 Å². The lowest BCUT2D eigenvalue weighted by molar-refractivity contribution is 0.217. The summed E-state index contributed by atoms with van der Waals surface area (Å²) in [5, 5.41) is 12.2. The topological polar surface area (TPSA) is 61.5 Å². The van der Waals surface area contributed by atoms with E-state index in [1.807, 2.05) is 30.3 Å². The van der Waals surface area contributed by atoms with Gasteiger partial charge in [-0.1, -0.05) is 29.8 Å². The fraction of sp³-hybridized carbons (Fsp3) is 0.118. The van der Waals surface area contributed by atoms with Crippen LogP contribution in [0.25, 0.3) is 0 Å². The molecule has 0 bridgehead atoms. The van der Waals surface area contributed by atoms with E-state index in [-0.39, 0.29) is 0 Å². The Morgan fingerprint density at radius 3 is 2.54 bits per heavy atom. The average molecular weight is 343 g/mol. The van der Waals surface area contributed by atoms with Crippen molar-refractivity contribution in [3.8, 4) is 11.5 Å². The first-order valence-corrected chi connectivity index (χ1v) is 7.68. The van der Waals surface area contributed by atoms with Crippen molar-refractivity contribution in [2.45, 2.75) is 0 Å². The largest absolute Gasteiger partial charge is 0.490 e. The van der Waals surface area contributed by atoms with Crippen LogP contribution in [0.2, 0.25) is 5.02 Å². The highest BCUT2D eigenvalue weighted by Crippen LogP contribution is 2.21. The van der Waals surface area contributed by atoms with Gasteiger partial charge in [0.25, 0.3) is 0 Å². The lowest BCUT2D eigenvalue weighted by atomic mass is 10.2. The van der Waals surface area contributed by atoms with Crippen LogP contribution in [-0.4, -0.2) is 34.3 Å². The summed E-state index contributed by atoms with van der Waals surface area (Å²) < 4.78 is 12.9. The molecule has 1 heterocycles. The summed E-state index contributed by atoms with van der Waals surface area (Å²) in [4.78, 5) is 0. The minimum Gasteiger partial charge on any atom is -0.490 e. The van der Waals surface area contributed by atoms with Gasteiger partial charge in [0.05, 0.1) is 6.21 Å². The second-order valence-electron chi connectivity index (χ2n) is 4.78. The fourth-order valence-corrected chi connectivity index (χ4v) is 2.14.